The van der Waals surface area contributed by atoms with Crippen molar-refractivity contribution in [2.24, 2.45) is 0 Å². The lowest BCUT2D eigenvalue weighted by atomic mass is 10.1. The van der Waals surface area contributed by atoms with Crippen LogP contribution in [0.4, 0.5) is 0 Å². The van der Waals surface area contributed by atoms with Crippen LogP contribution in [0.3, 0.4) is 0 Å². The van der Waals surface area contributed by atoms with E-state index in [-0.39, 0.29) is 6.04 Å². The van der Waals surface area contributed by atoms with Crippen molar-refractivity contribution in [3.63, 3.8) is 0 Å². The molecular weight excluding hydrogens is 356 g/mol. The molecule has 0 amide bonds. The summed E-state index contributed by atoms with van der Waals surface area (Å²) in [5.41, 5.74) is 1.88. The van der Waals surface area contributed by atoms with Crippen LogP contribution in [0.1, 0.15) is 18.9 Å². The van der Waals surface area contributed by atoms with Gasteiger partial charge in [0.2, 0.25) is 0 Å². The second kappa shape index (κ2) is 6.70. The van der Waals surface area contributed by atoms with E-state index in [0.29, 0.717) is 17.3 Å². The van der Waals surface area contributed by atoms with Gasteiger partial charge in [0.05, 0.1) is 12.2 Å². The number of benzene rings is 1. The molecule has 3 heterocycles. The first-order valence-corrected chi connectivity index (χ1v) is 10.5. The fraction of sp³-hybridized carbons (Fsp3) is 0.294. The van der Waals surface area contributed by atoms with Crippen LogP contribution in [-0.4, -0.2) is 40.8 Å². The first-order chi connectivity index (χ1) is 12.1. The molecule has 0 N–H and O–H groups in total. The van der Waals surface area contributed by atoms with Gasteiger partial charge in [-0.15, -0.1) is 16.4 Å². The molecule has 1 aliphatic rings. The normalized spacial score (nSPS) is 17.0. The lowest BCUT2D eigenvalue weighted by molar-refractivity contribution is 0.259. The summed E-state index contributed by atoms with van der Waals surface area (Å²) >= 11 is 1.26. The predicted molar refractivity (Wildman–Crippen MR) is 96.8 cm³/mol. The van der Waals surface area contributed by atoms with Crippen molar-refractivity contribution in [3.8, 4) is 11.3 Å². The fourth-order valence-electron chi connectivity index (χ4n) is 3.08. The SMILES string of the molecule is O=S(=O)(c1cccs1)N1CCC(n2cc(-c3ccccc3)nn2)CC1. The summed E-state index contributed by atoms with van der Waals surface area (Å²) in [6.45, 7) is 1.01. The van der Waals surface area contributed by atoms with Gasteiger partial charge in [-0.3, -0.25) is 0 Å². The highest BCUT2D eigenvalue weighted by Crippen LogP contribution is 2.29. The highest BCUT2D eigenvalue weighted by Gasteiger charge is 2.31. The van der Waals surface area contributed by atoms with Gasteiger partial charge in [-0.2, -0.15) is 4.31 Å². The fourth-order valence-corrected chi connectivity index (χ4v) is 5.70. The average Bonchev–Trinajstić information content (AvgIpc) is 3.35. The Morgan fingerprint density at radius 1 is 1.04 bits per heavy atom. The van der Waals surface area contributed by atoms with Gasteiger partial charge in [-0.05, 0) is 24.3 Å². The molecule has 25 heavy (non-hydrogen) atoms. The van der Waals surface area contributed by atoms with Gasteiger partial charge >= 0.3 is 0 Å². The third-order valence-corrected chi connectivity index (χ3v) is 7.74. The maximum absolute atomic E-state index is 12.6. The molecule has 0 aliphatic carbocycles. The van der Waals surface area contributed by atoms with Gasteiger partial charge in [-0.25, -0.2) is 13.1 Å². The van der Waals surface area contributed by atoms with Crippen molar-refractivity contribution in [3.05, 3.63) is 54.0 Å². The summed E-state index contributed by atoms with van der Waals surface area (Å²) in [4.78, 5) is 0. The second-order valence-electron chi connectivity index (χ2n) is 6.02. The van der Waals surface area contributed by atoms with Crippen LogP contribution in [0.25, 0.3) is 11.3 Å². The van der Waals surface area contributed by atoms with Crippen molar-refractivity contribution >= 4 is 21.4 Å². The van der Waals surface area contributed by atoms with E-state index in [9.17, 15) is 8.42 Å². The molecule has 1 aromatic carbocycles. The number of piperidine rings is 1. The maximum Gasteiger partial charge on any atom is 0.252 e. The van der Waals surface area contributed by atoms with Gasteiger partial charge < -0.3 is 0 Å². The van der Waals surface area contributed by atoms with Crippen LogP contribution in [-0.2, 0) is 10.0 Å². The zero-order valence-corrected chi connectivity index (χ0v) is 15.2. The van der Waals surface area contributed by atoms with E-state index < -0.39 is 10.0 Å². The Bertz CT molecular complexity index is 928. The highest BCUT2D eigenvalue weighted by molar-refractivity contribution is 7.91. The molecule has 0 spiro atoms. The van der Waals surface area contributed by atoms with E-state index in [2.05, 4.69) is 10.3 Å². The summed E-state index contributed by atoms with van der Waals surface area (Å²) in [6, 6.07) is 13.5. The Balaban J connectivity index is 1.45. The largest absolute Gasteiger partial charge is 0.252 e. The molecule has 1 saturated heterocycles. The predicted octanol–water partition coefficient (Wildman–Crippen LogP) is 3.03. The third-order valence-electron chi connectivity index (χ3n) is 4.47. The highest BCUT2D eigenvalue weighted by atomic mass is 32.2. The monoisotopic (exact) mass is 374 g/mol. The molecular formula is C17H18N4O2S2. The number of thiophene rings is 1. The Morgan fingerprint density at radius 3 is 2.48 bits per heavy atom. The Morgan fingerprint density at radius 2 is 1.80 bits per heavy atom. The van der Waals surface area contributed by atoms with Crippen LogP contribution < -0.4 is 0 Å². The van der Waals surface area contributed by atoms with Crippen molar-refractivity contribution in [1.29, 1.82) is 0 Å². The Hall–Kier alpha value is -2.03. The van der Waals surface area contributed by atoms with Crippen molar-refractivity contribution in [2.75, 3.05) is 13.1 Å². The zero-order valence-electron chi connectivity index (χ0n) is 13.5. The van der Waals surface area contributed by atoms with E-state index in [1.807, 2.05) is 41.2 Å². The number of hydrogen-bond acceptors (Lipinski definition) is 5. The number of nitrogens with zero attached hydrogens (tertiary/aromatic N) is 4. The second-order valence-corrected chi connectivity index (χ2v) is 9.13. The molecule has 0 radical (unpaired) electrons. The molecule has 8 heteroatoms. The molecule has 2 aromatic heterocycles. The molecule has 0 bridgehead atoms. The van der Waals surface area contributed by atoms with E-state index in [1.54, 1.807) is 21.8 Å². The minimum absolute atomic E-state index is 0.180. The minimum atomic E-state index is -3.36. The first kappa shape index (κ1) is 16.4. The van der Waals surface area contributed by atoms with E-state index in [4.69, 9.17) is 0 Å². The minimum Gasteiger partial charge on any atom is -0.249 e. The first-order valence-electron chi connectivity index (χ1n) is 8.15. The van der Waals surface area contributed by atoms with Gasteiger partial charge in [-0.1, -0.05) is 41.6 Å². The topological polar surface area (TPSA) is 68.1 Å². The molecule has 4 rings (SSSR count). The smallest absolute Gasteiger partial charge is 0.249 e. The van der Waals surface area contributed by atoms with Gasteiger partial charge in [0.15, 0.2) is 0 Å². The molecule has 0 unspecified atom stereocenters. The zero-order chi connectivity index (χ0) is 17.3. The van der Waals surface area contributed by atoms with E-state index in [0.717, 1.165) is 24.1 Å². The summed E-state index contributed by atoms with van der Waals surface area (Å²) in [6.07, 6.45) is 3.42. The summed E-state index contributed by atoms with van der Waals surface area (Å²) in [5.74, 6) is 0. The Labute approximate surface area is 150 Å². The van der Waals surface area contributed by atoms with Crippen molar-refractivity contribution in [1.82, 2.24) is 19.3 Å². The molecule has 130 valence electrons. The lowest BCUT2D eigenvalue weighted by Gasteiger charge is -2.30. The summed E-state index contributed by atoms with van der Waals surface area (Å²) in [7, 11) is -3.36. The van der Waals surface area contributed by atoms with Crippen molar-refractivity contribution in [2.45, 2.75) is 23.1 Å². The van der Waals surface area contributed by atoms with Gasteiger partial charge in [0.1, 0.15) is 9.90 Å². The lowest BCUT2D eigenvalue weighted by Crippen LogP contribution is -2.38. The van der Waals surface area contributed by atoms with Crippen LogP contribution in [0.5, 0.6) is 0 Å². The number of aromatic nitrogens is 3. The van der Waals surface area contributed by atoms with Crippen LogP contribution >= 0.6 is 11.3 Å². The maximum atomic E-state index is 12.6. The summed E-state index contributed by atoms with van der Waals surface area (Å²) < 4.78 is 29.0. The molecule has 0 saturated carbocycles. The number of hydrogen-bond donors (Lipinski definition) is 0. The van der Waals surface area contributed by atoms with Crippen molar-refractivity contribution < 1.29 is 8.42 Å². The number of rotatable bonds is 4. The summed E-state index contributed by atoms with van der Waals surface area (Å²) in [5, 5.41) is 10.3. The molecule has 3 aromatic rings. The standard InChI is InChI=1S/C17H18N4O2S2/c22-25(23,17-7-4-12-24-17)20-10-8-15(9-11-20)21-13-16(18-19-21)14-5-2-1-3-6-14/h1-7,12-13,15H,8-11H2. The van der Waals surface area contributed by atoms with Gasteiger partial charge in [0, 0.05) is 18.7 Å². The molecule has 1 fully saturated rings. The quantitative estimate of drug-likeness (QED) is 0.704. The molecule has 1 aliphatic heterocycles. The average molecular weight is 374 g/mol. The van der Waals surface area contributed by atoms with E-state index in [1.165, 1.54) is 11.3 Å². The molecule has 6 nitrogen and oxygen atoms in total. The van der Waals surface area contributed by atoms with Crippen LogP contribution in [0.2, 0.25) is 0 Å². The van der Waals surface area contributed by atoms with Crippen LogP contribution in [0.15, 0.2) is 58.3 Å². The van der Waals surface area contributed by atoms with Crippen LogP contribution in [0, 0.1) is 0 Å². The molecule has 0 atom stereocenters. The van der Waals surface area contributed by atoms with Gasteiger partial charge in [0.25, 0.3) is 10.0 Å². The van der Waals surface area contributed by atoms with E-state index >= 15 is 0 Å². The third kappa shape index (κ3) is 3.24. The Kier molecular flexibility index (Phi) is 4.41. The number of sulfonamides is 1.